The first-order chi connectivity index (χ1) is 12.0. The molecule has 146 valence electrons. The maximum absolute atomic E-state index is 12.6. The number of quaternary nitrogens is 1. The van der Waals surface area contributed by atoms with E-state index >= 15 is 0 Å². The first-order valence-corrected chi connectivity index (χ1v) is 9.94. The zero-order valence-electron chi connectivity index (χ0n) is 16.4. The van der Waals surface area contributed by atoms with Crippen molar-refractivity contribution in [2.45, 2.75) is 77.9 Å². The summed E-state index contributed by atoms with van der Waals surface area (Å²) in [5.74, 6) is 0. The predicted molar refractivity (Wildman–Crippen MR) is 101 cm³/mol. The molecule has 0 aromatic heterocycles. The molecule has 1 aliphatic carbocycles. The monoisotopic (exact) mass is 380 g/mol. The number of hydrogen-bond acceptors (Lipinski definition) is 2. The third-order valence-corrected chi connectivity index (χ3v) is 5.89. The molecule has 1 heterocycles. The molecule has 2 atom stereocenters. The Balaban J connectivity index is 0.00000243. The first kappa shape index (κ1) is 21.0. The molecule has 1 amide bonds. The normalized spacial score (nSPS) is 23.8. The van der Waals surface area contributed by atoms with E-state index in [9.17, 15) is 4.79 Å². The van der Waals surface area contributed by atoms with E-state index in [1.165, 1.54) is 57.2 Å². The van der Waals surface area contributed by atoms with Gasteiger partial charge in [-0.15, -0.1) is 0 Å². The first-order valence-electron chi connectivity index (χ1n) is 9.94. The van der Waals surface area contributed by atoms with Crippen molar-refractivity contribution >= 4 is 11.8 Å². The number of amides is 1. The van der Waals surface area contributed by atoms with Crippen LogP contribution in [0.5, 0.6) is 0 Å². The topological polar surface area (TPSA) is 42.8 Å². The van der Waals surface area contributed by atoms with Gasteiger partial charge in [-0.1, -0.05) is 17.7 Å². The van der Waals surface area contributed by atoms with E-state index in [1.807, 2.05) is 13.8 Å². The summed E-state index contributed by atoms with van der Waals surface area (Å²) in [5.41, 5.74) is 4.30. The highest BCUT2D eigenvalue weighted by atomic mass is 35.5. The van der Waals surface area contributed by atoms with E-state index in [1.54, 1.807) is 4.90 Å². The van der Waals surface area contributed by atoms with Gasteiger partial charge in [0.1, 0.15) is 6.04 Å². The number of carbonyl (C=O) groups is 1. The molecule has 1 aromatic rings. The number of aryl methyl sites for hydroxylation is 3. The second kappa shape index (κ2) is 9.61. The molecular formula is C21H33ClN2O2. The number of piperidine rings is 1. The third-order valence-electron chi connectivity index (χ3n) is 5.89. The summed E-state index contributed by atoms with van der Waals surface area (Å²) in [4.78, 5) is 14.2. The molecule has 0 bridgehead atoms. The SMILES string of the molecule is Cc1cc(C)c(NC(=O)OC2CCCCC2[NH+]2CCCCC2)c(C)c1.[Cl-]. The van der Waals surface area contributed by atoms with E-state index in [2.05, 4.69) is 24.4 Å². The minimum Gasteiger partial charge on any atom is -1.00 e. The molecule has 4 nitrogen and oxygen atoms in total. The molecule has 26 heavy (non-hydrogen) atoms. The summed E-state index contributed by atoms with van der Waals surface area (Å²) in [6.07, 6.45) is 8.39. The summed E-state index contributed by atoms with van der Waals surface area (Å²) in [6.45, 7) is 8.63. The zero-order chi connectivity index (χ0) is 17.8. The van der Waals surface area contributed by atoms with Gasteiger partial charge in [0.05, 0.1) is 13.1 Å². The van der Waals surface area contributed by atoms with Crippen molar-refractivity contribution in [3.63, 3.8) is 0 Å². The molecule has 1 aliphatic heterocycles. The quantitative estimate of drug-likeness (QED) is 0.804. The van der Waals surface area contributed by atoms with Gasteiger partial charge in [0.2, 0.25) is 0 Å². The van der Waals surface area contributed by atoms with E-state index in [0.29, 0.717) is 6.04 Å². The van der Waals surface area contributed by atoms with Crippen molar-refractivity contribution in [2.24, 2.45) is 0 Å². The second-order valence-corrected chi connectivity index (χ2v) is 7.95. The Hall–Kier alpha value is -1.26. The minimum absolute atomic E-state index is 0. The average molecular weight is 381 g/mol. The van der Waals surface area contributed by atoms with Gasteiger partial charge in [-0.25, -0.2) is 4.79 Å². The molecule has 1 saturated heterocycles. The van der Waals surface area contributed by atoms with Crippen molar-refractivity contribution in [2.75, 3.05) is 18.4 Å². The van der Waals surface area contributed by atoms with Crippen LogP contribution >= 0.6 is 0 Å². The van der Waals surface area contributed by atoms with Crippen LogP contribution in [0.25, 0.3) is 0 Å². The van der Waals surface area contributed by atoms with E-state index in [4.69, 9.17) is 4.74 Å². The fourth-order valence-corrected chi connectivity index (χ4v) is 4.73. The highest BCUT2D eigenvalue weighted by molar-refractivity contribution is 5.87. The van der Waals surface area contributed by atoms with Gasteiger partial charge >= 0.3 is 6.09 Å². The molecule has 0 spiro atoms. The van der Waals surface area contributed by atoms with Crippen molar-refractivity contribution in [1.29, 1.82) is 0 Å². The predicted octanol–water partition coefficient (Wildman–Crippen LogP) is 0.544. The minimum atomic E-state index is -0.289. The average Bonchev–Trinajstić information content (AvgIpc) is 2.59. The lowest BCUT2D eigenvalue weighted by Crippen LogP contribution is -3.17. The van der Waals surface area contributed by atoms with Gasteiger partial charge < -0.3 is 22.0 Å². The van der Waals surface area contributed by atoms with E-state index < -0.39 is 0 Å². The lowest BCUT2D eigenvalue weighted by atomic mass is 9.90. The number of carbonyl (C=O) groups excluding carboxylic acids is 1. The summed E-state index contributed by atoms with van der Waals surface area (Å²) in [7, 11) is 0. The number of likely N-dealkylation sites (tertiary alicyclic amines) is 1. The number of nitrogens with one attached hydrogen (secondary N) is 2. The Labute approximate surface area is 164 Å². The van der Waals surface area contributed by atoms with E-state index in [0.717, 1.165) is 23.2 Å². The number of halogens is 1. The van der Waals surface area contributed by atoms with Crippen LogP contribution in [0.15, 0.2) is 12.1 Å². The molecule has 2 aliphatic rings. The lowest BCUT2D eigenvalue weighted by molar-refractivity contribution is -0.934. The highest BCUT2D eigenvalue weighted by Crippen LogP contribution is 2.24. The summed E-state index contributed by atoms with van der Waals surface area (Å²) < 4.78 is 5.93. The molecular weight excluding hydrogens is 348 g/mol. The van der Waals surface area contributed by atoms with Gasteiger partial charge in [-0.05, 0) is 70.4 Å². The molecule has 0 radical (unpaired) electrons. The van der Waals surface area contributed by atoms with Gasteiger partial charge in [0.25, 0.3) is 0 Å². The number of rotatable bonds is 3. The molecule has 2 N–H and O–H groups in total. The van der Waals surface area contributed by atoms with Crippen molar-refractivity contribution in [3.8, 4) is 0 Å². The van der Waals surface area contributed by atoms with Gasteiger partial charge in [-0.2, -0.15) is 0 Å². The van der Waals surface area contributed by atoms with Gasteiger partial charge in [-0.3, -0.25) is 5.32 Å². The molecule has 2 unspecified atom stereocenters. The number of hydrogen-bond donors (Lipinski definition) is 2. The fourth-order valence-electron chi connectivity index (χ4n) is 4.73. The summed E-state index contributed by atoms with van der Waals surface area (Å²) >= 11 is 0. The molecule has 5 heteroatoms. The second-order valence-electron chi connectivity index (χ2n) is 7.95. The van der Waals surface area contributed by atoms with Crippen LogP contribution in [0.2, 0.25) is 0 Å². The van der Waals surface area contributed by atoms with Crippen LogP contribution in [0.1, 0.15) is 61.6 Å². The van der Waals surface area contributed by atoms with Crippen LogP contribution in [-0.4, -0.2) is 31.3 Å². The Kier molecular flexibility index (Phi) is 7.78. The van der Waals surface area contributed by atoms with Crippen molar-refractivity contribution < 1.29 is 26.8 Å². The Morgan fingerprint density at radius 2 is 1.62 bits per heavy atom. The van der Waals surface area contributed by atoms with Gasteiger partial charge in [0, 0.05) is 12.1 Å². The summed E-state index contributed by atoms with van der Waals surface area (Å²) in [5, 5.41) is 3.01. The maximum atomic E-state index is 12.6. The van der Waals surface area contributed by atoms with Crippen LogP contribution < -0.4 is 22.6 Å². The Bertz CT molecular complexity index is 591. The number of anilines is 1. The number of benzene rings is 1. The van der Waals surface area contributed by atoms with Crippen LogP contribution in [-0.2, 0) is 4.74 Å². The van der Waals surface area contributed by atoms with Gasteiger partial charge in [0.15, 0.2) is 6.10 Å². The Morgan fingerprint density at radius 3 is 2.27 bits per heavy atom. The maximum Gasteiger partial charge on any atom is 0.412 e. The lowest BCUT2D eigenvalue weighted by Gasteiger charge is -2.38. The zero-order valence-corrected chi connectivity index (χ0v) is 17.1. The van der Waals surface area contributed by atoms with Crippen LogP contribution in [0, 0.1) is 20.8 Å². The molecule has 1 aromatic carbocycles. The summed E-state index contributed by atoms with van der Waals surface area (Å²) in [6, 6.07) is 4.69. The number of ether oxygens (including phenoxy) is 1. The molecule has 1 saturated carbocycles. The largest absolute Gasteiger partial charge is 1.00 e. The fraction of sp³-hybridized carbons (Fsp3) is 0.667. The smallest absolute Gasteiger partial charge is 0.412 e. The molecule has 3 rings (SSSR count). The van der Waals surface area contributed by atoms with Crippen LogP contribution in [0.4, 0.5) is 10.5 Å². The van der Waals surface area contributed by atoms with Crippen molar-refractivity contribution in [1.82, 2.24) is 0 Å². The van der Waals surface area contributed by atoms with E-state index in [-0.39, 0.29) is 24.6 Å². The van der Waals surface area contributed by atoms with Crippen LogP contribution in [0.3, 0.4) is 0 Å². The highest BCUT2D eigenvalue weighted by Gasteiger charge is 2.36. The Morgan fingerprint density at radius 1 is 1.00 bits per heavy atom. The standard InChI is InChI=1S/C21H32N2O2.ClH/c1-15-13-16(2)20(17(3)14-15)22-21(24)25-19-10-6-5-9-18(19)23-11-7-4-8-12-23;/h13-14,18-19H,4-12H2,1-3H3,(H,22,24);1H. The van der Waals surface area contributed by atoms with Crippen molar-refractivity contribution in [3.05, 3.63) is 28.8 Å². The third kappa shape index (κ3) is 5.14. The molecule has 2 fully saturated rings.